The molecule has 3 atom stereocenters. The molecule has 114 valence electrons. The Balaban J connectivity index is 1.80. The van der Waals surface area contributed by atoms with Crippen LogP contribution >= 0.6 is 0 Å². The maximum Gasteiger partial charge on any atom is 0.309 e. The Morgan fingerprint density at radius 3 is 2.30 bits per heavy atom. The molecule has 4 aliphatic rings. The maximum absolute atomic E-state index is 12.2. The van der Waals surface area contributed by atoms with E-state index in [2.05, 4.69) is 13.8 Å². The standard InChI is InChI=1S/C17H28O3/c1-5-11(2)14(18)20-15(3,4)16-6-12-8-17(19,10-16)9-13(12)7-16/h11-13,19H,5-10H2,1-4H3. The Morgan fingerprint density at radius 2 is 1.85 bits per heavy atom. The summed E-state index contributed by atoms with van der Waals surface area (Å²) in [4.78, 5) is 12.2. The number of ether oxygens (including phenoxy) is 1. The number of esters is 1. The molecule has 0 saturated heterocycles. The quantitative estimate of drug-likeness (QED) is 0.804. The SMILES string of the molecule is CCC(C)C(=O)OC(C)(C)C12CC3CC(O)(CC3C1)C2. The molecule has 0 aliphatic heterocycles. The summed E-state index contributed by atoms with van der Waals surface area (Å²) in [6, 6.07) is 0. The lowest BCUT2D eigenvalue weighted by Crippen LogP contribution is -2.53. The van der Waals surface area contributed by atoms with Gasteiger partial charge in [0.25, 0.3) is 0 Å². The van der Waals surface area contributed by atoms with Gasteiger partial charge in [-0.1, -0.05) is 13.8 Å². The third-order valence-corrected chi connectivity index (χ3v) is 6.57. The number of aliphatic hydroxyl groups is 1. The first kappa shape index (κ1) is 14.4. The highest BCUT2D eigenvalue weighted by Gasteiger charge is 2.67. The van der Waals surface area contributed by atoms with E-state index in [4.69, 9.17) is 4.74 Å². The predicted octanol–water partition coefficient (Wildman–Crippen LogP) is 3.30. The van der Waals surface area contributed by atoms with Crippen molar-refractivity contribution in [2.24, 2.45) is 23.2 Å². The second-order valence-electron chi connectivity index (χ2n) is 8.26. The molecule has 3 heteroatoms. The highest BCUT2D eigenvalue weighted by molar-refractivity contribution is 5.72. The van der Waals surface area contributed by atoms with Crippen LogP contribution in [-0.4, -0.2) is 22.3 Å². The van der Waals surface area contributed by atoms with Crippen LogP contribution in [0.3, 0.4) is 0 Å². The van der Waals surface area contributed by atoms with Gasteiger partial charge in [-0.2, -0.15) is 0 Å². The van der Waals surface area contributed by atoms with Crippen LogP contribution in [0.4, 0.5) is 0 Å². The molecule has 0 heterocycles. The molecule has 3 unspecified atom stereocenters. The fourth-order valence-corrected chi connectivity index (χ4v) is 5.21. The van der Waals surface area contributed by atoms with Gasteiger partial charge in [0.2, 0.25) is 0 Å². The Kier molecular flexibility index (Phi) is 3.03. The molecular formula is C17H28O3. The minimum absolute atomic E-state index is 0.00327. The van der Waals surface area contributed by atoms with Gasteiger partial charge in [0.1, 0.15) is 5.60 Å². The van der Waals surface area contributed by atoms with Crippen LogP contribution < -0.4 is 0 Å². The minimum atomic E-state index is -0.480. The van der Waals surface area contributed by atoms with Gasteiger partial charge >= 0.3 is 5.97 Å². The molecule has 0 aromatic carbocycles. The minimum Gasteiger partial charge on any atom is -0.459 e. The molecule has 0 radical (unpaired) electrons. The van der Waals surface area contributed by atoms with E-state index >= 15 is 0 Å². The van der Waals surface area contributed by atoms with Gasteiger partial charge in [-0.15, -0.1) is 0 Å². The second kappa shape index (κ2) is 4.22. The summed E-state index contributed by atoms with van der Waals surface area (Å²) in [5.41, 5.74) is -0.947. The van der Waals surface area contributed by atoms with Crippen LogP contribution in [0.2, 0.25) is 0 Å². The van der Waals surface area contributed by atoms with Crippen LogP contribution in [-0.2, 0) is 9.53 Å². The molecule has 3 nitrogen and oxygen atoms in total. The molecule has 0 aromatic heterocycles. The second-order valence-corrected chi connectivity index (χ2v) is 8.26. The Morgan fingerprint density at radius 1 is 1.30 bits per heavy atom. The van der Waals surface area contributed by atoms with Gasteiger partial charge in [0.05, 0.1) is 11.5 Å². The van der Waals surface area contributed by atoms with Crippen molar-refractivity contribution in [1.29, 1.82) is 0 Å². The van der Waals surface area contributed by atoms with Crippen molar-refractivity contribution in [3.63, 3.8) is 0 Å². The van der Waals surface area contributed by atoms with E-state index in [1.807, 2.05) is 13.8 Å². The number of hydrogen-bond acceptors (Lipinski definition) is 3. The van der Waals surface area contributed by atoms with E-state index in [0.717, 1.165) is 38.5 Å². The van der Waals surface area contributed by atoms with E-state index in [1.54, 1.807) is 0 Å². The van der Waals surface area contributed by atoms with Crippen LogP contribution in [0.5, 0.6) is 0 Å². The summed E-state index contributed by atoms with van der Waals surface area (Å²) in [6.45, 7) is 8.06. The van der Waals surface area contributed by atoms with Gasteiger partial charge in [-0.25, -0.2) is 0 Å². The molecule has 4 bridgehead atoms. The average Bonchev–Trinajstić information content (AvgIpc) is 2.72. The molecule has 4 aliphatic carbocycles. The van der Waals surface area contributed by atoms with Crippen molar-refractivity contribution in [3.8, 4) is 0 Å². The van der Waals surface area contributed by atoms with Crippen molar-refractivity contribution in [1.82, 2.24) is 0 Å². The van der Waals surface area contributed by atoms with Crippen molar-refractivity contribution in [2.45, 2.75) is 77.4 Å². The van der Waals surface area contributed by atoms with Gasteiger partial charge in [-0.3, -0.25) is 4.79 Å². The first-order valence-electron chi connectivity index (χ1n) is 8.16. The molecular weight excluding hydrogens is 252 g/mol. The van der Waals surface area contributed by atoms with Crippen molar-refractivity contribution < 1.29 is 14.6 Å². The van der Waals surface area contributed by atoms with Crippen LogP contribution in [0.25, 0.3) is 0 Å². The normalized spacial score (nSPS) is 43.9. The number of carbonyl (C=O) groups excluding carboxylic acids is 1. The number of rotatable bonds is 4. The first-order valence-corrected chi connectivity index (χ1v) is 8.16. The summed E-state index contributed by atoms with van der Waals surface area (Å²) >= 11 is 0. The molecule has 4 fully saturated rings. The van der Waals surface area contributed by atoms with Crippen LogP contribution in [0.1, 0.15) is 66.2 Å². The zero-order valence-electron chi connectivity index (χ0n) is 13.2. The monoisotopic (exact) mass is 280 g/mol. The molecule has 0 spiro atoms. The van der Waals surface area contributed by atoms with Crippen molar-refractivity contribution >= 4 is 5.97 Å². The van der Waals surface area contributed by atoms with Gasteiger partial charge in [-0.05, 0) is 64.2 Å². The first-order chi connectivity index (χ1) is 9.20. The van der Waals surface area contributed by atoms with E-state index < -0.39 is 11.2 Å². The van der Waals surface area contributed by atoms with E-state index in [0.29, 0.717) is 11.8 Å². The predicted molar refractivity (Wildman–Crippen MR) is 77.1 cm³/mol. The van der Waals surface area contributed by atoms with Gasteiger partial charge in [0.15, 0.2) is 0 Å². The maximum atomic E-state index is 12.2. The highest BCUT2D eigenvalue weighted by atomic mass is 16.6. The van der Waals surface area contributed by atoms with Gasteiger partial charge in [0, 0.05) is 5.41 Å². The molecule has 0 amide bonds. The summed E-state index contributed by atoms with van der Waals surface area (Å²) in [6.07, 6.45) is 5.82. The lowest BCUT2D eigenvalue weighted by molar-refractivity contribution is -0.190. The summed E-state index contributed by atoms with van der Waals surface area (Å²) in [5.74, 6) is 1.18. The van der Waals surface area contributed by atoms with E-state index in [1.165, 1.54) is 0 Å². The number of carbonyl (C=O) groups is 1. The topological polar surface area (TPSA) is 46.5 Å². The zero-order chi connectivity index (χ0) is 14.8. The Bertz CT molecular complexity index is 412. The lowest BCUT2D eigenvalue weighted by atomic mass is 9.60. The molecule has 0 aromatic rings. The summed E-state index contributed by atoms with van der Waals surface area (Å²) in [5, 5.41) is 10.7. The van der Waals surface area contributed by atoms with Crippen LogP contribution in [0, 0.1) is 23.2 Å². The molecule has 1 N–H and O–H groups in total. The lowest BCUT2D eigenvalue weighted by Gasteiger charge is -2.51. The summed E-state index contributed by atoms with van der Waals surface area (Å²) in [7, 11) is 0. The average molecular weight is 280 g/mol. The largest absolute Gasteiger partial charge is 0.459 e. The molecule has 20 heavy (non-hydrogen) atoms. The van der Waals surface area contributed by atoms with Crippen LogP contribution in [0.15, 0.2) is 0 Å². The third-order valence-electron chi connectivity index (χ3n) is 6.57. The van der Waals surface area contributed by atoms with Crippen molar-refractivity contribution in [2.75, 3.05) is 0 Å². The molecule has 4 saturated carbocycles. The highest BCUT2D eigenvalue weighted by Crippen LogP contribution is 2.69. The fraction of sp³-hybridized carbons (Fsp3) is 0.941. The van der Waals surface area contributed by atoms with Gasteiger partial charge < -0.3 is 9.84 Å². The zero-order valence-corrected chi connectivity index (χ0v) is 13.2. The molecule has 4 rings (SSSR count). The Hall–Kier alpha value is -0.570. The number of hydrogen-bond donors (Lipinski definition) is 1. The summed E-state index contributed by atoms with van der Waals surface area (Å²) < 4.78 is 5.91. The van der Waals surface area contributed by atoms with E-state index in [9.17, 15) is 9.90 Å². The fourth-order valence-electron chi connectivity index (χ4n) is 5.21. The van der Waals surface area contributed by atoms with E-state index in [-0.39, 0.29) is 17.3 Å². The smallest absolute Gasteiger partial charge is 0.309 e. The third kappa shape index (κ3) is 1.93. The van der Waals surface area contributed by atoms with Crippen molar-refractivity contribution in [3.05, 3.63) is 0 Å². The Labute approximate surface area is 122 Å².